The number of ketones is 1. The highest BCUT2D eigenvalue weighted by Gasteiger charge is 2.34. The average Bonchev–Trinajstić information content (AvgIpc) is 3.07. The van der Waals surface area contributed by atoms with Crippen molar-refractivity contribution in [1.29, 1.82) is 0 Å². The van der Waals surface area contributed by atoms with Crippen LogP contribution in [0.15, 0.2) is 42.5 Å². The molecule has 168 valence electrons. The summed E-state index contributed by atoms with van der Waals surface area (Å²) in [7, 11) is 0. The van der Waals surface area contributed by atoms with E-state index < -0.39 is 29.9 Å². The summed E-state index contributed by atoms with van der Waals surface area (Å²) < 4.78 is 0. The first-order valence-corrected chi connectivity index (χ1v) is 10.8. The fraction of sp³-hybridized carbons (Fsp3) is 0.360. The molecule has 3 N–H and O–H groups in total. The Hall–Kier alpha value is -3.48. The minimum atomic E-state index is -1.11. The first kappa shape index (κ1) is 23.2. The van der Waals surface area contributed by atoms with Gasteiger partial charge in [0.25, 0.3) is 5.91 Å². The van der Waals surface area contributed by atoms with Crippen LogP contribution in [0.5, 0.6) is 0 Å². The van der Waals surface area contributed by atoms with Crippen LogP contribution in [0, 0.1) is 11.8 Å². The van der Waals surface area contributed by atoms with Gasteiger partial charge in [-0.05, 0) is 23.5 Å². The largest absolute Gasteiger partial charge is 0.480 e. The van der Waals surface area contributed by atoms with E-state index in [0.29, 0.717) is 34.2 Å². The Morgan fingerprint density at radius 3 is 2.09 bits per heavy atom. The number of carbonyl (C=O) groups is 4. The second-order valence-electron chi connectivity index (χ2n) is 8.51. The Morgan fingerprint density at radius 2 is 1.50 bits per heavy atom. The highest BCUT2D eigenvalue weighted by Crippen LogP contribution is 2.38. The average molecular weight is 437 g/mol. The first-order chi connectivity index (χ1) is 15.2. The molecule has 2 aromatic rings. The minimum Gasteiger partial charge on any atom is -0.480 e. The number of hydrogen-bond donors (Lipinski definition) is 3. The summed E-state index contributed by atoms with van der Waals surface area (Å²) in [6.45, 7) is 7.16. The minimum absolute atomic E-state index is 0.138. The van der Waals surface area contributed by atoms with E-state index in [-0.39, 0.29) is 17.6 Å². The van der Waals surface area contributed by atoms with Gasteiger partial charge in [0.2, 0.25) is 5.91 Å². The third-order valence-corrected chi connectivity index (χ3v) is 6.01. The number of carbonyl (C=O) groups excluding carboxylic acids is 3. The van der Waals surface area contributed by atoms with E-state index in [0.717, 1.165) is 0 Å². The van der Waals surface area contributed by atoms with E-state index in [1.165, 1.54) is 0 Å². The van der Waals surface area contributed by atoms with Crippen molar-refractivity contribution in [2.75, 3.05) is 0 Å². The van der Waals surface area contributed by atoms with Crippen LogP contribution in [0.3, 0.4) is 0 Å². The van der Waals surface area contributed by atoms with Gasteiger partial charge in [-0.25, -0.2) is 4.79 Å². The highest BCUT2D eigenvalue weighted by atomic mass is 16.4. The zero-order valence-electron chi connectivity index (χ0n) is 18.6. The van der Waals surface area contributed by atoms with Crippen LogP contribution < -0.4 is 10.6 Å². The second kappa shape index (κ2) is 9.34. The van der Waals surface area contributed by atoms with E-state index >= 15 is 0 Å². The molecule has 1 aliphatic rings. The Morgan fingerprint density at radius 1 is 0.875 bits per heavy atom. The third kappa shape index (κ3) is 4.28. The lowest BCUT2D eigenvalue weighted by Crippen LogP contribution is -2.55. The molecular formula is C25H28N2O5. The topological polar surface area (TPSA) is 113 Å². The molecule has 0 saturated heterocycles. The third-order valence-electron chi connectivity index (χ3n) is 6.01. The van der Waals surface area contributed by atoms with Crippen LogP contribution in [0.4, 0.5) is 0 Å². The summed E-state index contributed by atoms with van der Waals surface area (Å²) in [6, 6.07) is 10.1. The number of carboxylic acids is 1. The number of amides is 2. The zero-order valence-corrected chi connectivity index (χ0v) is 18.6. The predicted molar refractivity (Wildman–Crippen MR) is 120 cm³/mol. The fourth-order valence-electron chi connectivity index (χ4n) is 3.95. The SMILES string of the molecule is CCC(C)[C@H](NC(=O)[C@@H](NC(=O)c1cccc2c1-c1ccccc1C2=O)C(C)C)C(=O)O. The van der Waals surface area contributed by atoms with Crippen molar-refractivity contribution >= 4 is 23.6 Å². The van der Waals surface area contributed by atoms with E-state index in [4.69, 9.17) is 0 Å². The number of carboxylic acid groups (broad SMARTS) is 1. The van der Waals surface area contributed by atoms with Gasteiger partial charge in [0.15, 0.2) is 5.78 Å². The molecule has 1 unspecified atom stereocenters. The summed E-state index contributed by atoms with van der Waals surface area (Å²) in [5, 5.41) is 14.8. The van der Waals surface area contributed by atoms with Crippen molar-refractivity contribution in [2.45, 2.75) is 46.2 Å². The van der Waals surface area contributed by atoms with Crippen LogP contribution in [0.2, 0.25) is 0 Å². The Kier molecular flexibility index (Phi) is 6.77. The van der Waals surface area contributed by atoms with Gasteiger partial charge in [-0.2, -0.15) is 0 Å². The first-order valence-electron chi connectivity index (χ1n) is 10.8. The number of fused-ring (bicyclic) bond motifs is 3. The smallest absolute Gasteiger partial charge is 0.326 e. The molecule has 2 amide bonds. The van der Waals surface area contributed by atoms with Crippen molar-refractivity contribution in [1.82, 2.24) is 10.6 Å². The van der Waals surface area contributed by atoms with Crippen molar-refractivity contribution in [2.24, 2.45) is 11.8 Å². The molecule has 0 aromatic heterocycles. The predicted octanol–water partition coefficient (Wildman–Crippen LogP) is 3.27. The van der Waals surface area contributed by atoms with E-state index in [9.17, 15) is 24.3 Å². The number of nitrogens with one attached hydrogen (secondary N) is 2. The molecule has 32 heavy (non-hydrogen) atoms. The van der Waals surface area contributed by atoms with Crippen molar-refractivity contribution in [3.8, 4) is 11.1 Å². The zero-order chi connectivity index (χ0) is 23.6. The Bertz CT molecular complexity index is 1080. The Balaban J connectivity index is 1.89. The Labute approximate surface area is 187 Å². The van der Waals surface area contributed by atoms with Gasteiger partial charge in [0.1, 0.15) is 12.1 Å². The summed E-state index contributed by atoms with van der Waals surface area (Å²) in [6.07, 6.45) is 0.583. The lowest BCUT2D eigenvalue weighted by Gasteiger charge is -2.26. The van der Waals surface area contributed by atoms with E-state index in [2.05, 4.69) is 10.6 Å². The standard InChI is InChI=1S/C25H28N2O5/c1-5-14(4)21(25(31)32)27-24(30)20(13(2)3)26-23(29)18-12-8-11-17-19(18)15-9-6-7-10-16(15)22(17)28/h6-14,20-21H,5H2,1-4H3,(H,26,29)(H,27,30)(H,31,32)/t14?,20-,21-/m0/s1. The van der Waals surface area contributed by atoms with Crippen LogP contribution in [0.1, 0.15) is 60.4 Å². The van der Waals surface area contributed by atoms with Crippen molar-refractivity contribution in [3.63, 3.8) is 0 Å². The van der Waals surface area contributed by atoms with Gasteiger partial charge in [-0.3, -0.25) is 14.4 Å². The normalized spacial score (nSPS) is 14.8. The molecule has 0 saturated carbocycles. The lowest BCUT2D eigenvalue weighted by atomic mass is 9.96. The molecule has 0 spiro atoms. The molecule has 7 heteroatoms. The van der Waals surface area contributed by atoms with Crippen LogP contribution in [-0.4, -0.2) is 40.8 Å². The van der Waals surface area contributed by atoms with Crippen LogP contribution >= 0.6 is 0 Å². The van der Waals surface area contributed by atoms with Gasteiger partial charge in [0, 0.05) is 22.3 Å². The molecule has 2 aromatic carbocycles. The number of aliphatic carboxylic acids is 1. The molecule has 0 bridgehead atoms. The summed E-state index contributed by atoms with van der Waals surface area (Å²) in [4.78, 5) is 50.5. The van der Waals surface area contributed by atoms with E-state index in [1.54, 1.807) is 63.2 Å². The maximum absolute atomic E-state index is 13.2. The fourth-order valence-corrected chi connectivity index (χ4v) is 3.95. The van der Waals surface area contributed by atoms with Gasteiger partial charge >= 0.3 is 5.97 Å². The second-order valence-corrected chi connectivity index (χ2v) is 8.51. The molecule has 1 aliphatic carbocycles. The van der Waals surface area contributed by atoms with Crippen molar-refractivity contribution < 1.29 is 24.3 Å². The highest BCUT2D eigenvalue weighted by molar-refractivity contribution is 6.24. The van der Waals surface area contributed by atoms with Gasteiger partial charge < -0.3 is 15.7 Å². The number of benzene rings is 2. The number of hydrogen-bond acceptors (Lipinski definition) is 4. The van der Waals surface area contributed by atoms with Crippen molar-refractivity contribution in [3.05, 3.63) is 59.2 Å². The van der Waals surface area contributed by atoms with Crippen LogP contribution in [-0.2, 0) is 9.59 Å². The molecule has 3 atom stereocenters. The van der Waals surface area contributed by atoms with Gasteiger partial charge in [0.05, 0.1) is 0 Å². The molecule has 0 fully saturated rings. The molecule has 0 aliphatic heterocycles. The monoisotopic (exact) mass is 436 g/mol. The molecule has 0 heterocycles. The van der Waals surface area contributed by atoms with Crippen LogP contribution in [0.25, 0.3) is 11.1 Å². The maximum Gasteiger partial charge on any atom is 0.326 e. The number of rotatable bonds is 8. The maximum atomic E-state index is 13.2. The lowest BCUT2D eigenvalue weighted by molar-refractivity contribution is -0.143. The summed E-state index contributed by atoms with van der Waals surface area (Å²) >= 11 is 0. The molecule has 0 radical (unpaired) electrons. The molecule has 3 rings (SSSR count). The van der Waals surface area contributed by atoms with Gasteiger partial charge in [-0.15, -0.1) is 0 Å². The summed E-state index contributed by atoms with van der Waals surface area (Å²) in [5.41, 5.74) is 2.53. The molecule has 7 nitrogen and oxygen atoms in total. The van der Waals surface area contributed by atoms with Gasteiger partial charge in [-0.1, -0.05) is 70.5 Å². The quantitative estimate of drug-likeness (QED) is 0.502. The summed E-state index contributed by atoms with van der Waals surface area (Å²) in [5.74, 6) is -2.84. The van der Waals surface area contributed by atoms with E-state index in [1.807, 2.05) is 6.92 Å². The molecular weight excluding hydrogens is 408 g/mol.